The number of aryl methyl sites for hydroxylation is 1. The quantitative estimate of drug-likeness (QED) is 0.227. The van der Waals surface area contributed by atoms with Gasteiger partial charge >= 0.3 is 0 Å². The molecule has 5 N–H and O–H groups in total. The van der Waals surface area contributed by atoms with Gasteiger partial charge in [-0.1, -0.05) is 43.4 Å². The number of nitrogens with one attached hydrogen (secondary N) is 3. The smallest absolute Gasteiger partial charge is 0.259 e. The molecule has 32 heavy (non-hydrogen) atoms. The van der Waals surface area contributed by atoms with Crippen LogP contribution in [0.4, 0.5) is 21.5 Å². The molecule has 1 aromatic heterocycles. The maximum atomic E-state index is 12.7. The Balaban J connectivity index is 1.92. The number of thiazole rings is 1. The van der Waals surface area contributed by atoms with Crippen LogP contribution < -0.4 is 21.7 Å². The third kappa shape index (κ3) is 8.35. The Morgan fingerprint density at radius 3 is 2.38 bits per heavy atom. The first kappa shape index (κ1) is 25.4. The predicted octanol–water partition coefficient (Wildman–Crippen LogP) is 5.16. The van der Waals surface area contributed by atoms with Crippen molar-refractivity contribution in [1.29, 1.82) is 0 Å². The van der Waals surface area contributed by atoms with E-state index in [1.54, 1.807) is 25.1 Å². The highest BCUT2D eigenvalue weighted by molar-refractivity contribution is 7.19. The highest BCUT2D eigenvalue weighted by atomic mass is 32.1. The molecule has 1 heterocycles. The van der Waals surface area contributed by atoms with Crippen LogP contribution in [0.15, 0.2) is 23.4 Å². The molecule has 2 rings (SSSR count). The minimum Gasteiger partial charge on any atom is -0.385 e. The van der Waals surface area contributed by atoms with E-state index >= 15 is 0 Å². The fourth-order valence-electron chi connectivity index (χ4n) is 3.22. The predicted molar refractivity (Wildman–Crippen MR) is 131 cm³/mol. The molecule has 10 heteroatoms. The summed E-state index contributed by atoms with van der Waals surface area (Å²) in [5.41, 5.74) is 7.49. The molecule has 174 valence electrons. The number of anilines is 3. The first-order chi connectivity index (χ1) is 15.4. The van der Waals surface area contributed by atoms with Gasteiger partial charge in [-0.25, -0.2) is 4.98 Å². The van der Waals surface area contributed by atoms with Crippen LogP contribution in [0, 0.1) is 11.8 Å². The van der Waals surface area contributed by atoms with Crippen molar-refractivity contribution in [2.45, 2.75) is 58.8 Å². The van der Waals surface area contributed by atoms with Crippen molar-refractivity contribution >= 4 is 44.7 Å². The van der Waals surface area contributed by atoms with E-state index in [4.69, 9.17) is 5.73 Å². The standard InChI is InChI=1S/C22H32N6O3S/c1-15-21(28-31)32-22(25-15)27-20(30)18-11-10-17(14-19(18)26-16(2)29)24-13-9-7-5-3-4-6-8-12-23/h10-11,14,24H,3-9,12-13,23H2,1-2H3,(H,26,29)(H,25,27,30). The molecule has 0 fully saturated rings. The molecular weight excluding hydrogens is 428 g/mol. The monoisotopic (exact) mass is 460 g/mol. The van der Waals surface area contributed by atoms with Crippen molar-refractivity contribution in [1.82, 2.24) is 4.98 Å². The van der Waals surface area contributed by atoms with E-state index in [2.05, 4.69) is 26.1 Å². The minimum atomic E-state index is -0.430. The molecule has 9 nitrogen and oxygen atoms in total. The molecule has 0 aliphatic heterocycles. The summed E-state index contributed by atoms with van der Waals surface area (Å²) in [4.78, 5) is 39.3. The fraction of sp³-hybridized carbons (Fsp3) is 0.500. The zero-order chi connectivity index (χ0) is 23.3. The number of carbonyl (C=O) groups is 2. The second-order valence-corrected chi connectivity index (χ2v) is 8.56. The van der Waals surface area contributed by atoms with E-state index in [0.717, 1.165) is 49.4 Å². The molecule has 0 saturated carbocycles. The van der Waals surface area contributed by atoms with Gasteiger partial charge < -0.3 is 16.4 Å². The number of nitrogens with zero attached hydrogens (tertiary/aromatic N) is 2. The largest absolute Gasteiger partial charge is 0.385 e. The number of hydrogen-bond acceptors (Lipinski definition) is 8. The topological polar surface area (TPSA) is 139 Å². The van der Waals surface area contributed by atoms with Gasteiger partial charge in [-0.3, -0.25) is 14.9 Å². The van der Waals surface area contributed by atoms with Crippen LogP contribution >= 0.6 is 11.3 Å². The number of rotatable bonds is 14. The number of nitrogens with two attached hydrogens (primary N) is 1. The SMILES string of the molecule is CC(=O)Nc1cc(NCCCCCCCCCN)ccc1C(=O)Nc1nc(C)c(N=O)s1. The molecule has 2 amide bonds. The number of unbranched alkanes of at least 4 members (excludes halogenated alkanes) is 6. The van der Waals surface area contributed by atoms with Crippen LogP contribution in [0.3, 0.4) is 0 Å². The van der Waals surface area contributed by atoms with E-state index in [1.807, 2.05) is 0 Å². The maximum absolute atomic E-state index is 12.7. The lowest BCUT2D eigenvalue weighted by molar-refractivity contribution is -0.114. The number of carbonyl (C=O) groups excluding carboxylic acids is 2. The third-order valence-corrected chi connectivity index (χ3v) is 5.81. The summed E-state index contributed by atoms with van der Waals surface area (Å²) in [6, 6.07) is 5.20. The summed E-state index contributed by atoms with van der Waals surface area (Å²) in [6.45, 7) is 4.62. The van der Waals surface area contributed by atoms with Crippen molar-refractivity contribution in [3.8, 4) is 0 Å². The Hall–Kier alpha value is -2.85. The summed E-state index contributed by atoms with van der Waals surface area (Å²) in [7, 11) is 0. The average molecular weight is 461 g/mol. The van der Waals surface area contributed by atoms with Gasteiger partial charge in [0.25, 0.3) is 5.91 Å². The van der Waals surface area contributed by atoms with Crippen LogP contribution in [0.1, 0.15) is 67.9 Å². The second-order valence-electron chi connectivity index (χ2n) is 7.59. The maximum Gasteiger partial charge on any atom is 0.259 e. The molecule has 0 bridgehead atoms. The zero-order valence-electron chi connectivity index (χ0n) is 18.7. The van der Waals surface area contributed by atoms with Crippen molar-refractivity contribution in [3.63, 3.8) is 0 Å². The zero-order valence-corrected chi connectivity index (χ0v) is 19.5. The van der Waals surface area contributed by atoms with Crippen LogP contribution in [0.2, 0.25) is 0 Å². The van der Waals surface area contributed by atoms with Crippen molar-refractivity contribution in [2.24, 2.45) is 10.9 Å². The second kappa shape index (κ2) is 13.5. The summed E-state index contributed by atoms with van der Waals surface area (Å²) in [6.07, 6.45) is 8.19. The third-order valence-electron chi connectivity index (χ3n) is 4.86. The lowest BCUT2D eigenvalue weighted by Gasteiger charge is -2.13. The summed E-state index contributed by atoms with van der Waals surface area (Å²) < 4.78 is 0. The lowest BCUT2D eigenvalue weighted by atomic mass is 10.1. The number of amides is 2. The molecule has 1 aromatic carbocycles. The molecular formula is C22H32N6O3S. The Kier molecular flexibility index (Phi) is 10.8. The lowest BCUT2D eigenvalue weighted by Crippen LogP contribution is -2.17. The van der Waals surface area contributed by atoms with Crippen LogP contribution in [-0.2, 0) is 4.79 Å². The molecule has 0 aliphatic rings. The highest BCUT2D eigenvalue weighted by Crippen LogP contribution is 2.31. The van der Waals surface area contributed by atoms with Gasteiger partial charge in [0, 0.05) is 19.2 Å². The summed E-state index contributed by atoms with van der Waals surface area (Å²) in [5.74, 6) is -0.704. The van der Waals surface area contributed by atoms with E-state index in [0.29, 0.717) is 16.9 Å². The van der Waals surface area contributed by atoms with E-state index in [9.17, 15) is 14.5 Å². The van der Waals surface area contributed by atoms with E-state index in [-0.39, 0.29) is 16.0 Å². The molecule has 0 saturated heterocycles. The van der Waals surface area contributed by atoms with Crippen LogP contribution in [0.25, 0.3) is 0 Å². The molecule has 0 radical (unpaired) electrons. The normalized spacial score (nSPS) is 10.6. The first-order valence-electron chi connectivity index (χ1n) is 10.9. The van der Waals surface area contributed by atoms with Gasteiger partial charge in [-0.15, -0.1) is 4.91 Å². The van der Waals surface area contributed by atoms with Gasteiger partial charge in [0.15, 0.2) is 10.1 Å². The van der Waals surface area contributed by atoms with Gasteiger partial charge in [-0.2, -0.15) is 0 Å². The number of hydrogen-bond donors (Lipinski definition) is 4. The number of benzene rings is 1. The molecule has 0 aliphatic carbocycles. The molecule has 0 atom stereocenters. The van der Waals surface area contributed by atoms with Crippen LogP contribution in [0.5, 0.6) is 0 Å². The van der Waals surface area contributed by atoms with Gasteiger partial charge in [0.2, 0.25) is 5.91 Å². The van der Waals surface area contributed by atoms with Crippen molar-refractivity contribution < 1.29 is 9.59 Å². The average Bonchev–Trinajstić information content (AvgIpc) is 3.11. The Morgan fingerprint density at radius 1 is 1.06 bits per heavy atom. The fourth-order valence-corrected chi connectivity index (χ4v) is 3.96. The Bertz CT molecular complexity index is 915. The molecule has 0 spiro atoms. The highest BCUT2D eigenvalue weighted by Gasteiger charge is 2.16. The first-order valence-corrected chi connectivity index (χ1v) is 11.7. The Morgan fingerprint density at radius 2 is 1.75 bits per heavy atom. The van der Waals surface area contributed by atoms with Gasteiger partial charge in [0.05, 0.1) is 16.9 Å². The van der Waals surface area contributed by atoms with E-state index in [1.165, 1.54) is 32.6 Å². The number of nitroso groups, excluding NO2 is 1. The molecule has 0 unspecified atom stereocenters. The van der Waals surface area contributed by atoms with Crippen LogP contribution in [-0.4, -0.2) is 29.9 Å². The number of aromatic nitrogens is 1. The Labute approximate surface area is 192 Å². The van der Waals surface area contributed by atoms with Gasteiger partial charge in [-0.05, 0) is 49.7 Å². The van der Waals surface area contributed by atoms with E-state index < -0.39 is 5.91 Å². The summed E-state index contributed by atoms with van der Waals surface area (Å²) in [5, 5.41) is 12.1. The summed E-state index contributed by atoms with van der Waals surface area (Å²) >= 11 is 1.00. The van der Waals surface area contributed by atoms with Gasteiger partial charge in [0.1, 0.15) is 0 Å². The van der Waals surface area contributed by atoms with Crippen molar-refractivity contribution in [2.75, 3.05) is 29.0 Å². The molecule has 2 aromatic rings. The van der Waals surface area contributed by atoms with Crippen molar-refractivity contribution in [3.05, 3.63) is 34.4 Å². The minimum absolute atomic E-state index is 0.220.